The summed E-state index contributed by atoms with van der Waals surface area (Å²) in [6.07, 6.45) is 1.57. The second-order valence-corrected chi connectivity index (χ2v) is 8.93. The van der Waals surface area contributed by atoms with Crippen LogP contribution in [-0.4, -0.2) is 30.5 Å². The normalized spacial score (nSPS) is 11.5. The summed E-state index contributed by atoms with van der Waals surface area (Å²) < 4.78 is 47.8. The number of pyridine rings is 1. The number of benzene rings is 2. The van der Waals surface area contributed by atoms with Crippen molar-refractivity contribution >= 4 is 44.3 Å². The van der Waals surface area contributed by atoms with E-state index in [2.05, 4.69) is 19.7 Å². The number of anilines is 2. The maximum atomic E-state index is 14.9. The fourth-order valence-electron chi connectivity index (χ4n) is 3.24. The number of methoxy groups -OCH3 is 1. The maximum absolute atomic E-state index is 14.9. The first-order valence-corrected chi connectivity index (χ1v) is 11.1. The van der Waals surface area contributed by atoms with E-state index < -0.39 is 21.7 Å². The Kier molecular flexibility index (Phi) is 5.57. The average molecular weight is 474 g/mol. The van der Waals surface area contributed by atoms with Gasteiger partial charge in [0.15, 0.2) is 11.6 Å². The molecule has 2 aromatic carbocycles. The number of sulfonamides is 1. The summed E-state index contributed by atoms with van der Waals surface area (Å²) in [4.78, 5) is 12.1. The third kappa shape index (κ3) is 4.02. The molecule has 0 atom stereocenters. The number of nitrogen functional groups attached to an aromatic ring is 1. The number of nitrogens with two attached hydrogens (primary N) is 1. The van der Waals surface area contributed by atoms with Crippen molar-refractivity contribution in [1.29, 1.82) is 0 Å². The Hall–Kier alpha value is -3.50. The molecule has 0 spiro atoms. The molecule has 0 saturated carbocycles. The molecule has 0 aliphatic rings. The summed E-state index contributed by atoms with van der Waals surface area (Å²) >= 11 is 5.97. The van der Waals surface area contributed by atoms with E-state index >= 15 is 0 Å². The van der Waals surface area contributed by atoms with Crippen molar-refractivity contribution in [2.45, 2.75) is 11.8 Å². The molecular weight excluding hydrogens is 457 g/mol. The molecule has 3 N–H and O–H groups in total. The lowest BCUT2D eigenvalue weighted by Gasteiger charge is -2.14. The molecule has 0 fully saturated rings. The fraction of sp³-hybridized carbons (Fsp3) is 0.0952. The van der Waals surface area contributed by atoms with Gasteiger partial charge in [0.1, 0.15) is 4.90 Å². The molecule has 0 amide bonds. The number of nitrogens with one attached hydrogen (secondary N) is 1. The maximum Gasteiger partial charge on any atom is 0.264 e. The molecule has 0 aliphatic heterocycles. The van der Waals surface area contributed by atoms with Crippen LogP contribution in [0.2, 0.25) is 5.02 Å². The van der Waals surface area contributed by atoms with Gasteiger partial charge in [0.2, 0.25) is 11.8 Å². The highest BCUT2D eigenvalue weighted by molar-refractivity contribution is 7.92. The van der Waals surface area contributed by atoms with Gasteiger partial charge in [-0.15, -0.1) is 0 Å². The van der Waals surface area contributed by atoms with Gasteiger partial charge in [-0.2, -0.15) is 4.98 Å². The predicted molar refractivity (Wildman–Crippen MR) is 121 cm³/mol. The summed E-state index contributed by atoms with van der Waals surface area (Å²) in [7, 11) is -2.82. The molecule has 164 valence electrons. The number of rotatable bonds is 5. The molecule has 8 nitrogen and oxygen atoms in total. The van der Waals surface area contributed by atoms with Crippen molar-refractivity contribution in [2.24, 2.45) is 0 Å². The first kappa shape index (κ1) is 21.7. The van der Waals surface area contributed by atoms with Crippen molar-refractivity contribution in [3.05, 3.63) is 65.1 Å². The van der Waals surface area contributed by atoms with Crippen LogP contribution >= 0.6 is 11.6 Å². The highest BCUT2D eigenvalue weighted by Gasteiger charge is 2.22. The zero-order valence-electron chi connectivity index (χ0n) is 16.9. The summed E-state index contributed by atoms with van der Waals surface area (Å²) in [5.74, 6) is -1.23. The Bertz CT molecular complexity index is 1460. The third-order valence-electron chi connectivity index (χ3n) is 4.69. The molecule has 0 aliphatic carbocycles. The highest BCUT2D eigenvalue weighted by atomic mass is 35.5. The van der Waals surface area contributed by atoms with Gasteiger partial charge in [-0.3, -0.25) is 4.72 Å². The van der Waals surface area contributed by atoms with Crippen molar-refractivity contribution in [3.8, 4) is 17.0 Å². The largest absolute Gasteiger partial charge is 0.480 e. The average Bonchev–Trinajstić information content (AvgIpc) is 2.75. The van der Waals surface area contributed by atoms with Crippen molar-refractivity contribution < 1.29 is 17.5 Å². The smallest absolute Gasteiger partial charge is 0.264 e. The second-order valence-electron chi connectivity index (χ2n) is 6.87. The van der Waals surface area contributed by atoms with E-state index in [1.165, 1.54) is 25.3 Å². The van der Waals surface area contributed by atoms with Crippen LogP contribution in [0.3, 0.4) is 0 Å². The van der Waals surface area contributed by atoms with Gasteiger partial charge in [-0.05, 0) is 48.4 Å². The zero-order chi connectivity index (χ0) is 23.0. The number of fused-ring (bicyclic) bond motifs is 1. The fourth-order valence-corrected chi connectivity index (χ4v) is 4.77. The number of aryl methyl sites for hydroxylation is 1. The van der Waals surface area contributed by atoms with Gasteiger partial charge in [0, 0.05) is 17.1 Å². The topological polar surface area (TPSA) is 120 Å². The Morgan fingerprint density at radius 3 is 2.62 bits per heavy atom. The van der Waals surface area contributed by atoms with E-state index in [-0.39, 0.29) is 21.7 Å². The number of aromatic nitrogens is 3. The lowest BCUT2D eigenvalue weighted by molar-refractivity contribution is 0.398. The van der Waals surface area contributed by atoms with Gasteiger partial charge in [-0.25, -0.2) is 22.8 Å². The van der Waals surface area contributed by atoms with E-state index in [1.807, 2.05) is 6.92 Å². The quantitative estimate of drug-likeness (QED) is 0.446. The van der Waals surface area contributed by atoms with Crippen LogP contribution in [0.4, 0.5) is 16.2 Å². The predicted octanol–water partition coefficient (Wildman–Crippen LogP) is 4.18. The summed E-state index contributed by atoms with van der Waals surface area (Å²) in [6, 6.07) is 10.5. The molecule has 4 aromatic rings. The number of nitrogens with zero attached hydrogens (tertiary/aromatic N) is 3. The monoisotopic (exact) mass is 473 g/mol. The zero-order valence-corrected chi connectivity index (χ0v) is 18.5. The molecule has 11 heteroatoms. The highest BCUT2D eigenvalue weighted by Crippen LogP contribution is 2.35. The third-order valence-corrected chi connectivity index (χ3v) is 6.53. The lowest BCUT2D eigenvalue weighted by atomic mass is 10.0. The minimum absolute atomic E-state index is 0.00140. The minimum atomic E-state index is -4.18. The molecular formula is C21H17ClFN5O3S. The van der Waals surface area contributed by atoms with Crippen LogP contribution in [0.15, 0.2) is 53.6 Å². The van der Waals surface area contributed by atoms with Gasteiger partial charge < -0.3 is 10.5 Å². The van der Waals surface area contributed by atoms with Gasteiger partial charge in [0.05, 0.1) is 17.6 Å². The minimum Gasteiger partial charge on any atom is -0.480 e. The van der Waals surface area contributed by atoms with Crippen LogP contribution in [0.25, 0.3) is 22.0 Å². The summed E-state index contributed by atoms with van der Waals surface area (Å²) in [6.45, 7) is 1.83. The first-order valence-electron chi connectivity index (χ1n) is 9.24. The number of halogens is 2. The first-order chi connectivity index (χ1) is 15.2. The second kappa shape index (κ2) is 8.21. The van der Waals surface area contributed by atoms with Crippen molar-refractivity contribution in [1.82, 2.24) is 15.0 Å². The van der Waals surface area contributed by atoms with Crippen LogP contribution in [0, 0.1) is 12.7 Å². The van der Waals surface area contributed by atoms with E-state index in [1.54, 1.807) is 24.4 Å². The molecule has 2 aromatic heterocycles. The SMILES string of the molecule is COc1nc(NS(=O)(=O)c2ccccc2Cl)c(F)cc1-c1cc(C)c2nc(N)ncc2c1. The summed E-state index contributed by atoms with van der Waals surface area (Å²) in [5, 5.41) is 0.693. The van der Waals surface area contributed by atoms with Gasteiger partial charge in [-0.1, -0.05) is 23.7 Å². The molecule has 4 rings (SSSR count). The Morgan fingerprint density at radius 1 is 1.16 bits per heavy atom. The number of hydrogen-bond acceptors (Lipinski definition) is 7. The van der Waals surface area contributed by atoms with Crippen molar-refractivity contribution in [3.63, 3.8) is 0 Å². The molecule has 32 heavy (non-hydrogen) atoms. The van der Waals surface area contributed by atoms with E-state index in [0.29, 0.717) is 22.0 Å². The van der Waals surface area contributed by atoms with Crippen LogP contribution in [0.5, 0.6) is 5.88 Å². The van der Waals surface area contributed by atoms with E-state index in [9.17, 15) is 12.8 Å². The summed E-state index contributed by atoms with van der Waals surface area (Å²) in [5.41, 5.74) is 8.03. The Morgan fingerprint density at radius 2 is 1.91 bits per heavy atom. The van der Waals surface area contributed by atoms with Gasteiger partial charge >= 0.3 is 0 Å². The van der Waals surface area contributed by atoms with Crippen LogP contribution < -0.4 is 15.2 Å². The molecule has 2 heterocycles. The molecule has 0 saturated heterocycles. The lowest BCUT2D eigenvalue weighted by Crippen LogP contribution is -2.16. The Balaban J connectivity index is 1.79. The van der Waals surface area contributed by atoms with Crippen LogP contribution in [0.1, 0.15) is 5.56 Å². The van der Waals surface area contributed by atoms with E-state index in [4.69, 9.17) is 22.1 Å². The number of hydrogen-bond donors (Lipinski definition) is 2. The van der Waals surface area contributed by atoms with Crippen molar-refractivity contribution in [2.75, 3.05) is 17.6 Å². The molecule has 0 radical (unpaired) electrons. The Labute approximate surface area is 188 Å². The number of ether oxygens (including phenoxy) is 1. The van der Waals surface area contributed by atoms with Crippen LogP contribution in [-0.2, 0) is 10.0 Å². The standard InChI is InChI=1S/C21H17ClFN5O3S/c1-11-7-12(8-13-10-25-21(24)26-18(11)13)14-9-16(23)19(27-20(14)31-2)28-32(29,30)17-6-4-3-5-15(17)22/h3-10H,1-2H3,(H,27,28)(H2,24,25,26). The molecule has 0 unspecified atom stereocenters. The molecule has 0 bridgehead atoms. The van der Waals surface area contributed by atoms with E-state index in [0.717, 1.165) is 11.6 Å². The van der Waals surface area contributed by atoms with Gasteiger partial charge in [0.25, 0.3) is 10.0 Å².